The minimum Gasteiger partial charge on any atom is -0.356 e. The molecule has 27 heavy (non-hydrogen) atoms. The maximum atomic E-state index is 13.1. The molecule has 1 aliphatic heterocycles. The van der Waals surface area contributed by atoms with Gasteiger partial charge in [-0.25, -0.2) is 4.39 Å². The molecule has 0 radical (unpaired) electrons. The van der Waals surface area contributed by atoms with Gasteiger partial charge in [-0.2, -0.15) is 0 Å². The molecule has 1 fully saturated rings. The molecule has 0 bridgehead atoms. The summed E-state index contributed by atoms with van der Waals surface area (Å²) >= 11 is 0. The molecule has 1 N–H and O–H groups in total. The summed E-state index contributed by atoms with van der Waals surface area (Å²) in [7, 11) is 0. The Labute approximate surface area is 161 Å². The van der Waals surface area contributed by atoms with Gasteiger partial charge in [-0.15, -0.1) is 0 Å². The number of hydrogen-bond acceptors (Lipinski definition) is 3. The Morgan fingerprint density at radius 2 is 1.78 bits per heavy atom. The Kier molecular flexibility index (Phi) is 8.72. The summed E-state index contributed by atoms with van der Waals surface area (Å²) in [6, 6.07) is 6.38. The fourth-order valence-corrected chi connectivity index (χ4v) is 3.55. The molecule has 0 aliphatic carbocycles. The molecular weight excluding hydrogens is 345 g/mol. The summed E-state index contributed by atoms with van der Waals surface area (Å²) in [5.74, 6) is -0.138. The molecule has 0 saturated carbocycles. The first-order valence-electron chi connectivity index (χ1n) is 10.1. The lowest BCUT2D eigenvalue weighted by Crippen LogP contribution is -2.49. The van der Waals surface area contributed by atoms with Crippen molar-refractivity contribution in [1.82, 2.24) is 15.1 Å². The van der Waals surface area contributed by atoms with Gasteiger partial charge in [-0.3, -0.25) is 9.59 Å². The Balaban J connectivity index is 1.74. The molecular formula is C21H32FN3O2. The molecule has 150 valence electrons. The Morgan fingerprint density at radius 1 is 1.11 bits per heavy atom. The second-order valence-corrected chi connectivity index (χ2v) is 7.16. The highest BCUT2D eigenvalue weighted by Gasteiger charge is 2.20. The fraction of sp³-hybridized carbons (Fsp3) is 0.619. The number of carbonyl (C=O) groups is 2. The Hall–Kier alpha value is -1.95. The Bertz CT molecular complexity index is 598. The van der Waals surface area contributed by atoms with Crippen molar-refractivity contribution in [3.63, 3.8) is 0 Å². The highest BCUT2D eigenvalue weighted by Crippen LogP contribution is 2.25. The zero-order valence-electron chi connectivity index (χ0n) is 16.5. The largest absolute Gasteiger partial charge is 0.356 e. The monoisotopic (exact) mass is 377 g/mol. The molecule has 1 unspecified atom stereocenters. The third-order valence-electron chi connectivity index (χ3n) is 5.24. The zero-order valence-corrected chi connectivity index (χ0v) is 16.5. The molecule has 0 aromatic heterocycles. The van der Waals surface area contributed by atoms with E-state index in [1.54, 1.807) is 12.1 Å². The lowest BCUT2D eigenvalue weighted by molar-refractivity contribution is -0.132. The number of carbonyl (C=O) groups excluding carboxylic acids is 2. The number of likely N-dealkylation sites (N-methyl/N-ethyl adjacent to an activating group) is 1. The first-order valence-corrected chi connectivity index (χ1v) is 10.1. The Morgan fingerprint density at radius 3 is 2.37 bits per heavy atom. The predicted octanol–water partition coefficient (Wildman–Crippen LogP) is 2.77. The van der Waals surface area contributed by atoms with Gasteiger partial charge in [-0.1, -0.05) is 32.4 Å². The van der Waals surface area contributed by atoms with Gasteiger partial charge in [0.1, 0.15) is 5.82 Å². The second kappa shape index (κ2) is 11.0. The highest BCUT2D eigenvalue weighted by molar-refractivity contribution is 5.79. The van der Waals surface area contributed by atoms with Gasteiger partial charge >= 0.3 is 0 Å². The van der Waals surface area contributed by atoms with E-state index < -0.39 is 0 Å². The van der Waals surface area contributed by atoms with Gasteiger partial charge in [-0.05, 0) is 36.6 Å². The minimum absolute atomic E-state index is 0.0543. The van der Waals surface area contributed by atoms with Crippen LogP contribution in [-0.2, 0) is 9.59 Å². The fourth-order valence-electron chi connectivity index (χ4n) is 3.55. The topological polar surface area (TPSA) is 52.7 Å². The summed E-state index contributed by atoms with van der Waals surface area (Å²) in [5.41, 5.74) is 0.985. The normalized spacial score (nSPS) is 16.2. The lowest BCUT2D eigenvalue weighted by Gasteiger charge is -2.34. The van der Waals surface area contributed by atoms with Gasteiger partial charge in [0.2, 0.25) is 11.8 Å². The van der Waals surface area contributed by atoms with Gasteiger partial charge in [0, 0.05) is 45.6 Å². The average molecular weight is 378 g/mol. The first-order chi connectivity index (χ1) is 13.0. The van der Waals surface area contributed by atoms with Crippen LogP contribution in [0.1, 0.15) is 51.0 Å². The van der Waals surface area contributed by atoms with Crippen LogP contribution in [0.2, 0.25) is 0 Å². The molecule has 1 atom stereocenters. The van der Waals surface area contributed by atoms with E-state index in [1.165, 1.54) is 12.1 Å². The van der Waals surface area contributed by atoms with Crippen LogP contribution in [0.5, 0.6) is 0 Å². The van der Waals surface area contributed by atoms with E-state index in [0.717, 1.165) is 51.1 Å². The molecule has 1 aliphatic rings. The standard InChI is InChI=1S/C21H32FN3O2/c1-3-5-18(17-6-8-19(22)9-7-17)16-20(26)23-11-10-21(27)25-14-12-24(4-2)13-15-25/h6-9,18H,3-5,10-16H2,1-2H3,(H,23,26). The van der Waals surface area contributed by atoms with Crippen LogP contribution in [0.25, 0.3) is 0 Å². The number of benzene rings is 1. The molecule has 1 aromatic rings. The third-order valence-corrected chi connectivity index (χ3v) is 5.24. The van der Waals surface area contributed by atoms with Crippen LogP contribution in [0.4, 0.5) is 4.39 Å². The van der Waals surface area contributed by atoms with Crippen molar-refractivity contribution in [2.24, 2.45) is 0 Å². The zero-order chi connectivity index (χ0) is 19.6. The van der Waals surface area contributed by atoms with Crippen molar-refractivity contribution in [3.05, 3.63) is 35.6 Å². The van der Waals surface area contributed by atoms with E-state index in [-0.39, 0.29) is 23.5 Å². The van der Waals surface area contributed by atoms with Crippen LogP contribution in [0, 0.1) is 5.82 Å². The molecule has 1 heterocycles. The SMILES string of the molecule is CCCC(CC(=O)NCCC(=O)N1CCN(CC)CC1)c1ccc(F)cc1. The number of rotatable bonds is 9. The number of hydrogen-bond donors (Lipinski definition) is 1. The van der Waals surface area contributed by atoms with E-state index in [4.69, 9.17) is 0 Å². The van der Waals surface area contributed by atoms with Gasteiger partial charge < -0.3 is 15.1 Å². The van der Waals surface area contributed by atoms with E-state index in [9.17, 15) is 14.0 Å². The quantitative estimate of drug-likeness (QED) is 0.720. The molecule has 0 spiro atoms. The number of amides is 2. The molecule has 2 amide bonds. The number of nitrogens with zero attached hydrogens (tertiary/aromatic N) is 2. The first kappa shape index (κ1) is 21.4. The van der Waals surface area contributed by atoms with E-state index >= 15 is 0 Å². The van der Waals surface area contributed by atoms with Crippen molar-refractivity contribution < 1.29 is 14.0 Å². The van der Waals surface area contributed by atoms with E-state index in [1.807, 2.05) is 4.90 Å². The van der Waals surface area contributed by atoms with Crippen molar-refractivity contribution in [2.45, 2.75) is 45.4 Å². The van der Waals surface area contributed by atoms with Crippen molar-refractivity contribution >= 4 is 11.8 Å². The third kappa shape index (κ3) is 6.94. The number of halogens is 1. The molecule has 6 heteroatoms. The molecule has 2 rings (SSSR count). The smallest absolute Gasteiger partial charge is 0.224 e. The van der Waals surface area contributed by atoms with E-state index in [0.29, 0.717) is 19.4 Å². The predicted molar refractivity (Wildman–Crippen MR) is 105 cm³/mol. The highest BCUT2D eigenvalue weighted by atomic mass is 19.1. The maximum Gasteiger partial charge on any atom is 0.224 e. The number of piperazine rings is 1. The van der Waals surface area contributed by atoms with Crippen molar-refractivity contribution in [3.8, 4) is 0 Å². The maximum absolute atomic E-state index is 13.1. The van der Waals surface area contributed by atoms with E-state index in [2.05, 4.69) is 24.1 Å². The van der Waals surface area contributed by atoms with Crippen molar-refractivity contribution in [2.75, 3.05) is 39.3 Å². The summed E-state index contributed by atoms with van der Waals surface area (Å²) in [6.45, 7) is 8.97. The van der Waals surface area contributed by atoms with Gasteiger partial charge in [0.15, 0.2) is 0 Å². The lowest BCUT2D eigenvalue weighted by atomic mass is 9.91. The summed E-state index contributed by atoms with van der Waals surface area (Å²) in [5, 5.41) is 2.87. The molecule has 5 nitrogen and oxygen atoms in total. The second-order valence-electron chi connectivity index (χ2n) is 7.16. The molecule has 1 saturated heterocycles. The summed E-state index contributed by atoms with van der Waals surface area (Å²) < 4.78 is 13.1. The summed E-state index contributed by atoms with van der Waals surface area (Å²) in [4.78, 5) is 28.8. The van der Waals surface area contributed by atoms with Crippen LogP contribution in [0.3, 0.4) is 0 Å². The van der Waals surface area contributed by atoms with Crippen LogP contribution in [0.15, 0.2) is 24.3 Å². The van der Waals surface area contributed by atoms with Crippen LogP contribution >= 0.6 is 0 Å². The summed E-state index contributed by atoms with van der Waals surface area (Å²) in [6.07, 6.45) is 2.53. The van der Waals surface area contributed by atoms with Crippen LogP contribution in [-0.4, -0.2) is 60.9 Å². The van der Waals surface area contributed by atoms with Crippen molar-refractivity contribution in [1.29, 1.82) is 0 Å². The van der Waals surface area contributed by atoms with Gasteiger partial charge in [0.05, 0.1) is 0 Å². The van der Waals surface area contributed by atoms with Gasteiger partial charge in [0.25, 0.3) is 0 Å². The van der Waals surface area contributed by atoms with Crippen LogP contribution < -0.4 is 5.32 Å². The average Bonchev–Trinajstić information content (AvgIpc) is 2.68. The minimum atomic E-state index is -0.267. The number of nitrogens with one attached hydrogen (secondary N) is 1. The molecule has 1 aromatic carbocycles.